The standard InChI is InChI=1S/C14H22N2O2S/c1-2-5-12-8-9-16(11-12)19(17,18)14-7-4-3-6-13(14)10-15/h3-4,6-7,12H,2,5,8-11,15H2,1H3. The van der Waals surface area contributed by atoms with E-state index in [0.717, 1.165) is 19.3 Å². The number of nitrogens with two attached hydrogens (primary N) is 1. The summed E-state index contributed by atoms with van der Waals surface area (Å²) in [5, 5.41) is 0. The molecule has 2 rings (SSSR count). The zero-order valence-corrected chi connectivity index (χ0v) is 12.2. The van der Waals surface area contributed by atoms with Crippen LogP contribution in [0.4, 0.5) is 0 Å². The molecule has 0 radical (unpaired) electrons. The first-order valence-electron chi connectivity index (χ1n) is 6.87. The van der Waals surface area contributed by atoms with Crippen molar-refractivity contribution in [1.29, 1.82) is 0 Å². The molecule has 5 heteroatoms. The van der Waals surface area contributed by atoms with Gasteiger partial charge in [0.25, 0.3) is 0 Å². The van der Waals surface area contributed by atoms with E-state index < -0.39 is 10.0 Å². The Morgan fingerprint density at radius 1 is 1.37 bits per heavy atom. The third-order valence-electron chi connectivity index (χ3n) is 3.76. The molecule has 1 aromatic rings. The Hall–Kier alpha value is -0.910. The zero-order valence-electron chi connectivity index (χ0n) is 11.4. The molecule has 0 spiro atoms. The van der Waals surface area contributed by atoms with Crippen molar-refractivity contribution in [2.24, 2.45) is 11.7 Å². The van der Waals surface area contributed by atoms with Gasteiger partial charge in [0.1, 0.15) is 0 Å². The van der Waals surface area contributed by atoms with Crippen LogP contribution in [0.3, 0.4) is 0 Å². The third kappa shape index (κ3) is 2.99. The van der Waals surface area contributed by atoms with Gasteiger partial charge in [0.15, 0.2) is 0 Å². The Morgan fingerprint density at radius 2 is 2.11 bits per heavy atom. The summed E-state index contributed by atoms with van der Waals surface area (Å²) in [4.78, 5) is 0.370. The maximum atomic E-state index is 12.6. The zero-order chi connectivity index (χ0) is 13.9. The summed E-state index contributed by atoms with van der Waals surface area (Å²) in [6.45, 7) is 3.67. The number of benzene rings is 1. The van der Waals surface area contributed by atoms with Crippen molar-refractivity contribution in [3.63, 3.8) is 0 Å². The molecule has 0 amide bonds. The topological polar surface area (TPSA) is 63.4 Å². The fraction of sp³-hybridized carbons (Fsp3) is 0.571. The van der Waals surface area contributed by atoms with Crippen LogP contribution in [0, 0.1) is 5.92 Å². The van der Waals surface area contributed by atoms with Crippen LogP contribution in [0.5, 0.6) is 0 Å². The quantitative estimate of drug-likeness (QED) is 0.898. The molecule has 1 heterocycles. The Morgan fingerprint density at radius 3 is 2.79 bits per heavy atom. The molecule has 0 aromatic heterocycles. The van der Waals surface area contributed by atoms with Gasteiger partial charge in [-0.15, -0.1) is 0 Å². The van der Waals surface area contributed by atoms with Crippen LogP contribution >= 0.6 is 0 Å². The smallest absolute Gasteiger partial charge is 0.243 e. The summed E-state index contributed by atoms with van der Waals surface area (Å²) in [5.41, 5.74) is 6.33. The SMILES string of the molecule is CCCC1CCN(S(=O)(=O)c2ccccc2CN)C1. The lowest BCUT2D eigenvalue weighted by atomic mass is 10.0. The molecule has 106 valence electrons. The van der Waals surface area contributed by atoms with Crippen LogP contribution in [-0.2, 0) is 16.6 Å². The molecule has 0 bridgehead atoms. The number of hydrogen-bond donors (Lipinski definition) is 1. The predicted octanol–water partition coefficient (Wildman–Crippen LogP) is 1.96. The summed E-state index contributed by atoms with van der Waals surface area (Å²) in [6.07, 6.45) is 3.18. The highest BCUT2D eigenvalue weighted by molar-refractivity contribution is 7.89. The van der Waals surface area contributed by atoms with Gasteiger partial charge < -0.3 is 5.73 Å². The molecule has 2 N–H and O–H groups in total. The van der Waals surface area contributed by atoms with Crippen LogP contribution in [-0.4, -0.2) is 25.8 Å². The summed E-state index contributed by atoms with van der Waals surface area (Å²) in [6, 6.07) is 7.02. The summed E-state index contributed by atoms with van der Waals surface area (Å²) < 4.78 is 26.9. The van der Waals surface area contributed by atoms with Crippen molar-refractivity contribution in [3.8, 4) is 0 Å². The largest absolute Gasteiger partial charge is 0.326 e. The second-order valence-electron chi connectivity index (χ2n) is 5.12. The molecule has 1 saturated heterocycles. The Balaban J connectivity index is 2.24. The second kappa shape index (κ2) is 6.03. The minimum Gasteiger partial charge on any atom is -0.326 e. The number of sulfonamides is 1. The van der Waals surface area contributed by atoms with Gasteiger partial charge in [-0.05, 0) is 30.4 Å². The van der Waals surface area contributed by atoms with E-state index in [0.29, 0.717) is 29.5 Å². The van der Waals surface area contributed by atoms with Crippen LogP contribution in [0.1, 0.15) is 31.7 Å². The van der Waals surface area contributed by atoms with Crippen LogP contribution in [0.15, 0.2) is 29.2 Å². The van der Waals surface area contributed by atoms with Gasteiger partial charge in [0, 0.05) is 19.6 Å². The van der Waals surface area contributed by atoms with Crippen LogP contribution in [0.25, 0.3) is 0 Å². The van der Waals surface area contributed by atoms with Gasteiger partial charge in [-0.3, -0.25) is 0 Å². The average molecular weight is 282 g/mol. The monoisotopic (exact) mass is 282 g/mol. The molecule has 1 aliphatic heterocycles. The second-order valence-corrected chi connectivity index (χ2v) is 7.02. The lowest BCUT2D eigenvalue weighted by molar-refractivity contribution is 0.444. The van der Waals surface area contributed by atoms with E-state index in [1.165, 1.54) is 0 Å². The molecule has 1 unspecified atom stereocenters. The van der Waals surface area contributed by atoms with Crippen molar-refractivity contribution in [2.75, 3.05) is 13.1 Å². The number of rotatable bonds is 5. The maximum absolute atomic E-state index is 12.6. The fourth-order valence-corrected chi connectivity index (χ4v) is 4.49. The van der Waals surface area contributed by atoms with Gasteiger partial charge in [-0.1, -0.05) is 31.5 Å². The van der Waals surface area contributed by atoms with Gasteiger partial charge in [0.05, 0.1) is 4.90 Å². The van der Waals surface area contributed by atoms with E-state index in [1.807, 2.05) is 6.07 Å². The van der Waals surface area contributed by atoms with Crippen molar-refractivity contribution >= 4 is 10.0 Å². The van der Waals surface area contributed by atoms with Crippen LogP contribution < -0.4 is 5.73 Å². The molecule has 0 aliphatic carbocycles. The fourth-order valence-electron chi connectivity index (χ4n) is 2.72. The number of hydrogen-bond acceptors (Lipinski definition) is 3. The van der Waals surface area contributed by atoms with E-state index in [9.17, 15) is 8.42 Å². The first-order chi connectivity index (χ1) is 9.09. The highest BCUT2D eigenvalue weighted by Gasteiger charge is 2.32. The molecule has 1 aromatic carbocycles. The molecule has 19 heavy (non-hydrogen) atoms. The molecule has 0 saturated carbocycles. The summed E-state index contributed by atoms with van der Waals surface area (Å²) in [7, 11) is -3.38. The molecule has 4 nitrogen and oxygen atoms in total. The summed E-state index contributed by atoms with van der Waals surface area (Å²) >= 11 is 0. The van der Waals surface area contributed by atoms with Gasteiger partial charge in [0.2, 0.25) is 10.0 Å². The van der Waals surface area contributed by atoms with Crippen molar-refractivity contribution in [2.45, 2.75) is 37.6 Å². The first kappa shape index (κ1) is 14.5. The lowest BCUT2D eigenvalue weighted by Gasteiger charge is -2.18. The Bertz CT molecular complexity index is 528. The summed E-state index contributed by atoms with van der Waals surface area (Å²) in [5.74, 6) is 0.504. The Kier molecular flexibility index (Phi) is 4.60. The molecular formula is C14H22N2O2S. The van der Waals surface area contributed by atoms with Gasteiger partial charge >= 0.3 is 0 Å². The first-order valence-corrected chi connectivity index (χ1v) is 8.31. The average Bonchev–Trinajstić information content (AvgIpc) is 2.88. The highest BCUT2D eigenvalue weighted by atomic mass is 32.2. The van der Waals surface area contributed by atoms with Crippen molar-refractivity contribution in [1.82, 2.24) is 4.31 Å². The lowest BCUT2D eigenvalue weighted by Crippen LogP contribution is -2.30. The molecule has 1 atom stereocenters. The number of nitrogens with zero attached hydrogens (tertiary/aromatic N) is 1. The molecule has 1 fully saturated rings. The maximum Gasteiger partial charge on any atom is 0.243 e. The third-order valence-corrected chi connectivity index (χ3v) is 5.72. The van der Waals surface area contributed by atoms with E-state index in [4.69, 9.17) is 5.73 Å². The normalized spacial score (nSPS) is 20.8. The van der Waals surface area contributed by atoms with Crippen LogP contribution in [0.2, 0.25) is 0 Å². The molecule has 1 aliphatic rings. The minimum atomic E-state index is -3.38. The van der Waals surface area contributed by atoms with Gasteiger partial charge in [-0.25, -0.2) is 8.42 Å². The Labute approximate surface area is 115 Å². The predicted molar refractivity (Wildman–Crippen MR) is 76.1 cm³/mol. The van der Waals surface area contributed by atoms with E-state index >= 15 is 0 Å². The minimum absolute atomic E-state index is 0.252. The van der Waals surface area contributed by atoms with Gasteiger partial charge in [-0.2, -0.15) is 4.31 Å². The van der Waals surface area contributed by atoms with E-state index in [2.05, 4.69) is 6.92 Å². The van der Waals surface area contributed by atoms with E-state index in [-0.39, 0.29) is 6.54 Å². The highest BCUT2D eigenvalue weighted by Crippen LogP contribution is 2.28. The van der Waals surface area contributed by atoms with Crippen molar-refractivity contribution in [3.05, 3.63) is 29.8 Å². The van der Waals surface area contributed by atoms with Crippen molar-refractivity contribution < 1.29 is 8.42 Å². The molecular weight excluding hydrogens is 260 g/mol. The van der Waals surface area contributed by atoms with E-state index in [1.54, 1.807) is 22.5 Å².